The van der Waals surface area contributed by atoms with Crippen molar-refractivity contribution in [3.8, 4) is 0 Å². The number of rotatable bonds is 4. The number of nitrogens with zero attached hydrogens (tertiary/aromatic N) is 3. The highest BCUT2D eigenvalue weighted by molar-refractivity contribution is 8.00. The summed E-state index contributed by atoms with van der Waals surface area (Å²) in [6, 6.07) is 10.8. The minimum atomic E-state index is -0.473. The molecule has 0 saturated heterocycles. The zero-order chi connectivity index (χ0) is 17.8. The number of hydrogen-bond donors (Lipinski definition) is 0. The van der Waals surface area contributed by atoms with Gasteiger partial charge in [-0.1, -0.05) is 30.8 Å². The molecule has 130 valence electrons. The van der Waals surface area contributed by atoms with Crippen LogP contribution in [0.5, 0.6) is 0 Å². The summed E-state index contributed by atoms with van der Waals surface area (Å²) in [5.74, 6) is 0.0534. The van der Waals surface area contributed by atoms with Crippen LogP contribution in [-0.2, 0) is 4.79 Å². The number of hydrogen-bond acceptors (Lipinski definition) is 6. The fraction of sp³-hybridized carbons (Fsp3) is 0.294. The van der Waals surface area contributed by atoms with Gasteiger partial charge >= 0.3 is 5.69 Å². The number of carbonyl (C=O) groups excluding carboxylic acids is 1. The fourth-order valence-electron chi connectivity index (χ4n) is 2.59. The lowest BCUT2D eigenvalue weighted by Gasteiger charge is -2.22. The van der Waals surface area contributed by atoms with Crippen molar-refractivity contribution in [1.29, 1.82) is 0 Å². The number of amides is 1. The van der Waals surface area contributed by atoms with Crippen LogP contribution in [0.3, 0.4) is 0 Å². The third-order valence-corrected chi connectivity index (χ3v) is 6.04. The first-order valence-corrected chi connectivity index (χ1v) is 9.71. The minimum Gasteiger partial charge on any atom is -0.311 e. The Morgan fingerprint density at radius 3 is 3.00 bits per heavy atom. The van der Waals surface area contributed by atoms with Gasteiger partial charge in [0.15, 0.2) is 5.03 Å². The number of thioether (sulfide) groups is 2. The second kappa shape index (κ2) is 7.88. The van der Waals surface area contributed by atoms with E-state index in [1.807, 2.05) is 24.3 Å². The molecule has 0 bridgehead atoms. The number of nitro groups is 1. The van der Waals surface area contributed by atoms with E-state index in [1.165, 1.54) is 18.3 Å². The van der Waals surface area contributed by atoms with Gasteiger partial charge in [-0.25, -0.2) is 4.98 Å². The molecule has 0 radical (unpaired) electrons. The average Bonchev–Trinajstić information content (AvgIpc) is 2.78. The maximum absolute atomic E-state index is 12.8. The normalized spacial score (nSPS) is 16.8. The van der Waals surface area contributed by atoms with Crippen LogP contribution in [0.2, 0.25) is 0 Å². The highest BCUT2D eigenvalue weighted by Gasteiger charge is 2.25. The monoisotopic (exact) mass is 375 g/mol. The van der Waals surface area contributed by atoms with Gasteiger partial charge in [0.25, 0.3) is 0 Å². The predicted octanol–water partition coefficient (Wildman–Crippen LogP) is 4.00. The topological polar surface area (TPSA) is 76.3 Å². The van der Waals surface area contributed by atoms with E-state index in [2.05, 4.69) is 11.9 Å². The Morgan fingerprint density at radius 2 is 2.20 bits per heavy atom. The summed E-state index contributed by atoms with van der Waals surface area (Å²) in [4.78, 5) is 30.3. The summed E-state index contributed by atoms with van der Waals surface area (Å²) in [6.07, 6.45) is 2.40. The molecule has 1 amide bonds. The van der Waals surface area contributed by atoms with Crippen LogP contribution in [0.25, 0.3) is 0 Å². The standard InChI is InChI=1S/C17H17N3O3S2/c1-12-8-10-19(13-5-2-3-7-15(13)25-12)16(21)11-24-17-14(20(22)23)6-4-9-18-17/h2-7,9,12H,8,10-11H2,1H3/t12-/m0/s1. The first kappa shape index (κ1) is 17.8. The van der Waals surface area contributed by atoms with Crippen LogP contribution in [0.4, 0.5) is 11.4 Å². The van der Waals surface area contributed by atoms with E-state index in [9.17, 15) is 14.9 Å². The Bertz CT molecular complexity index is 800. The second-order valence-electron chi connectivity index (χ2n) is 5.60. The van der Waals surface area contributed by atoms with Crippen molar-refractivity contribution in [2.45, 2.75) is 28.5 Å². The van der Waals surface area contributed by atoms with E-state index in [0.29, 0.717) is 11.8 Å². The van der Waals surface area contributed by atoms with Gasteiger partial charge in [-0.05, 0) is 24.6 Å². The van der Waals surface area contributed by atoms with Gasteiger partial charge in [-0.15, -0.1) is 11.8 Å². The fourth-order valence-corrected chi connectivity index (χ4v) is 4.54. The molecular formula is C17H17N3O3S2. The zero-order valence-corrected chi connectivity index (χ0v) is 15.3. The van der Waals surface area contributed by atoms with E-state index >= 15 is 0 Å². The Kier molecular flexibility index (Phi) is 5.60. The van der Waals surface area contributed by atoms with Crippen molar-refractivity contribution < 1.29 is 9.72 Å². The molecule has 0 aliphatic carbocycles. The molecule has 0 unspecified atom stereocenters. The third-order valence-electron chi connectivity index (χ3n) is 3.82. The van der Waals surface area contributed by atoms with E-state index in [1.54, 1.807) is 16.7 Å². The van der Waals surface area contributed by atoms with E-state index in [0.717, 1.165) is 28.8 Å². The van der Waals surface area contributed by atoms with Crippen molar-refractivity contribution in [1.82, 2.24) is 4.98 Å². The largest absolute Gasteiger partial charge is 0.311 e. The minimum absolute atomic E-state index is 0.0629. The molecule has 8 heteroatoms. The van der Waals surface area contributed by atoms with Gasteiger partial charge in [0.2, 0.25) is 5.91 Å². The predicted molar refractivity (Wildman–Crippen MR) is 100 cm³/mol. The van der Waals surface area contributed by atoms with Crippen molar-refractivity contribution in [2.24, 2.45) is 0 Å². The highest BCUT2D eigenvalue weighted by atomic mass is 32.2. The number of anilines is 1. The van der Waals surface area contributed by atoms with Crippen LogP contribution in [0.15, 0.2) is 52.5 Å². The molecule has 1 aromatic heterocycles. The van der Waals surface area contributed by atoms with E-state index < -0.39 is 4.92 Å². The quantitative estimate of drug-likeness (QED) is 0.457. The van der Waals surface area contributed by atoms with Gasteiger partial charge in [0.1, 0.15) is 0 Å². The molecule has 1 aliphatic heterocycles. The van der Waals surface area contributed by atoms with Crippen LogP contribution in [0, 0.1) is 10.1 Å². The summed E-state index contributed by atoms with van der Waals surface area (Å²) in [7, 11) is 0. The number of carbonyl (C=O) groups is 1. The van der Waals surface area contributed by atoms with Crippen LogP contribution in [0.1, 0.15) is 13.3 Å². The molecule has 0 N–H and O–H groups in total. The third kappa shape index (κ3) is 4.13. The van der Waals surface area contributed by atoms with Crippen molar-refractivity contribution in [3.63, 3.8) is 0 Å². The molecule has 6 nitrogen and oxygen atoms in total. The van der Waals surface area contributed by atoms with Crippen molar-refractivity contribution >= 4 is 40.8 Å². The lowest BCUT2D eigenvalue weighted by molar-refractivity contribution is -0.388. The smallest absolute Gasteiger partial charge is 0.301 e. The zero-order valence-electron chi connectivity index (χ0n) is 13.6. The maximum atomic E-state index is 12.8. The first-order chi connectivity index (χ1) is 12.1. The van der Waals surface area contributed by atoms with Gasteiger partial charge in [0, 0.05) is 29.0 Å². The molecule has 0 saturated carbocycles. The van der Waals surface area contributed by atoms with Gasteiger partial charge in [-0.2, -0.15) is 0 Å². The maximum Gasteiger partial charge on any atom is 0.301 e. The van der Waals surface area contributed by atoms with Crippen LogP contribution >= 0.6 is 23.5 Å². The van der Waals surface area contributed by atoms with Gasteiger partial charge in [-0.3, -0.25) is 14.9 Å². The Labute approximate surface area is 154 Å². The van der Waals surface area contributed by atoms with Crippen molar-refractivity contribution in [2.75, 3.05) is 17.2 Å². The summed E-state index contributed by atoms with van der Waals surface area (Å²) in [6.45, 7) is 2.80. The SMILES string of the molecule is C[C@H]1CCN(C(=O)CSc2ncccc2[N+](=O)[O-])c2ccccc2S1. The molecule has 0 fully saturated rings. The Balaban J connectivity index is 1.77. The number of fused-ring (bicyclic) bond motifs is 1. The Morgan fingerprint density at radius 1 is 1.40 bits per heavy atom. The van der Waals surface area contributed by atoms with Gasteiger partial charge in [0.05, 0.1) is 16.4 Å². The highest BCUT2D eigenvalue weighted by Crippen LogP contribution is 2.37. The van der Waals surface area contributed by atoms with E-state index in [-0.39, 0.29) is 22.4 Å². The van der Waals surface area contributed by atoms with Crippen LogP contribution < -0.4 is 4.90 Å². The summed E-state index contributed by atoms with van der Waals surface area (Å²) in [5, 5.41) is 11.8. The molecular weight excluding hydrogens is 358 g/mol. The second-order valence-corrected chi connectivity index (χ2v) is 8.05. The summed E-state index contributed by atoms with van der Waals surface area (Å²) >= 11 is 2.88. The van der Waals surface area contributed by atoms with Crippen LogP contribution in [-0.4, -0.2) is 33.4 Å². The van der Waals surface area contributed by atoms with Crippen molar-refractivity contribution in [3.05, 3.63) is 52.7 Å². The average molecular weight is 375 g/mol. The van der Waals surface area contributed by atoms with E-state index in [4.69, 9.17) is 0 Å². The number of benzene rings is 1. The first-order valence-electron chi connectivity index (χ1n) is 7.84. The van der Waals surface area contributed by atoms with Gasteiger partial charge < -0.3 is 4.90 Å². The number of pyridine rings is 1. The molecule has 25 heavy (non-hydrogen) atoms. The molecule has 3 rings (SSSR count). The molecule has 1 aliphatic rings. The molecule has 2 heterocycles. The molecule has 1 aromatic carbocycles. The lowest BCUT2D eigenvalue weighted by Crippen LogP contribution is -2.33. The summed E-state index contributed by atoms with van der Waals surface area (Å²) in [5.41, 5.74) is 0.846. The molecule has 1 atom stereocenters. The molecule has 0 spiro atoms. The number of para-hydroxylation sites is 1. The summed E-state index contributed by atoms with van der Waals surface area (Å²) < 4.78 is 0. The molecule has 2 aromatic rings. The number of aromatic nitrogens is 1. The Hall–Kier alpha value is -2.06. The lowest BCUT2D eigenvalue weighted by atomic mass is 10.2.